The van der Waals surface area contributed by atoms with Gasteiger partial charge in [-0.1, -0.05) is 18.2 Å². The molecule has 0 spiro atoms. The molecule has 2 heteroatoms. The molecule has 0 aliphatic carbocycles. The molecule has 0 fully saturated rings. The summed E-state index contributed by atoms with van der Waals surface area (Å²) in [5, 5.41) is 8.84. The van der Waals surface area contributed by atoms with Crippen LogP contribution in [0.5, 0.6) is 0 Å². The summed E-state index contributed by atoms with van der Waals surface area (Å²) in [6.07, 6.45) is 4.67. The third-order valence-electron chi connectivity index (χ3n) is 3.77. The van der Waals surface area contributed by atoms with Gasteiger partial charge >= 0.3 is 0 Å². The van der Waals surface area contributed by atoms with Crippen LogP contribution in [-0.4, -0.2) is 23.5 Å². The topological polar surface area (TPSA) is 27.0 Å². The van der Waals surface area contributed by atoms with E-state index in [1.165, 1.54) is 17.6 Å². The van der Waals surface area contributed by atoms with Crippen molar-refractivity contribution in [1.29, 1.82) is 5.26 Å². The normalized spacial score (nSPS) is 17.5. The summed E-state index contributed by atoms with van der Waals surface area (Å²) in [6.45, 7) is 8.98. The molecule has 1 aromatic carbocycles. The molecule has 0 N–H and O–H groups in total. The van der Waals surface area contributed by atoms with Crippen LogP contribution in [0.4, 0.5) is 0 Å². The van der Waals surface area contributed by atoms with Crippen molar-refractivity contribution in [2.45, 2.75) is 39.2 Å². The maximum Gasteiger partial charge on any atom is 0.0991 e. The second-order valence-corrected chi connectivity index (χ2v) is 6.14. The van der Waals surface area contributed by atoms with Crippen LogP contribution >= 0.6 is 0 Å². The second-order valence-electron chi connectivity index (χ2n) is 6.14. The largest absolute Gasteiger partial charge is 0.295 e. The molecule has 2 rings (SSSR count). The number of benzene rings is 1. The van der Waals surface area contributed by atoms with Gasteiger partial charge in [-0.05, 0) is 63.4 Å². The van der Waals surface area contributed by atoms with Gasteiger partial charge in [-0.15, -0.1) is 0 Å². The molecule has 100 valence electrons. The smallest absolute Gasteiger partial charge is 0.0991 e. The second kappa shape index (κ2) is 5.59. The van der Waals surface area contributed by atoms with Crippen LogP contribution in [0, 0.1) is 11.3 Å². The molecule has 0 aromatic heterocycles. The molecule has 0 bridgehead atoms. The lowest BCUT2D eigenvalue weighted by Gasteiger charge is -2.34. The summed E-state index contributed by atoms with van der Waals surface area (Å²) in [7, 11) is 0. The Labute approximate surface area is 116 Å². The van der Waals surface area contributed by atoms with Crippen molar-refractivity contribution in [3.05, 3.63) is 41.5 Å². The molecule has 1 aliphatic rings. The molecule has 0 radical (unpaired) electrons. The average Bonchev–Trinajstić information content (AvgIpc) is 2.64. The quantitative estimate of drug-likeness (QED) is 0.761. The molecule has 1 aromatic rings. The van der Waals surface area contributed by atoms with Crippen molar-refractivity contribution in [3.63, 3.8) is 0 Å². The lowest BCUT2D eigenvalue weighted by Crippen LogP contribution is -2.41. The summed E-state index contributed by atoms with van der Waals surface area (Å²) in [4.78, 5) is 2.52. The van der Waals surface area contributed by atoms with E-state index in [2.05, 4.69) is 49.9 Å². The number of allylic oxidation sites excluding steroid dienone is 1. The van der Waals surface area contributed by atoms with E-state index < -0.39 is 0 Å². The van der Waals surface area contributed by atoms with Crippen molar-refractivity contribution in [2.24, 2.45) is 0 Å². The molecule has 0 atom stereocenters. The van der Waals surface area contributed by atoms with E-state index in [9.17, 15) is 0 Å². The highest BCUT2D eigenvalue weighted by atomic mass is 15.2. The molecule has 1 heterocycles. The van der Waals surface area contributed by atoms with Crippen LogP contribution in [0.3, 0.4) is 0 Å². The van der Waals surface area contributed by atoms with Gasteiger partial charge in [0.05, 0.1) is 11.6 Å². The van der Waals surface area contributed by atoms with E-state index in [4.69, 9.17) is 5.26 Å². The Bertz CT molecular complexity index is 498. The fourth-order valence-corrected chi connectivity index (χ4v) is 2.50. The molecule has 0 saturated carbocycles. The number of nitriles is 1. The number of hydrogen-bond donors (Lipinski definition) is 0. The zero-order chi connectivity index (χ0) is 13.9. The Morgan fingerprint density at radius 2 is 1.84 bits per heavy atom. The predicted molar refractivity (Wildman–Crippen MR) is 79.7 cm³/mol. The number of rotatable bonds is 1. The van der Waals surface area contributed by atoms with Crippen molar-refractivity contribution in [2.75, 3.05) is 13.1 Å². The highest BCUT2D eigenvalue weighted by molar-refractivity contribution is 5.66. The third-order valence-corrected chi connectivity index (χ3v) is 3.77. The zero-order valence-corrected chi connectivity index (χ0v) is 12.1. The first-order valence-electron chi connectivity index (χ1n) is 6.95. The van der Waals surface area contributed by atoms with Crippen molar-refractivity contribution in [3.8, 4) is 6.07 Å². The van der Waals surface area contributed by atoms with E-state index in [1.54, 1.807) is 0 Å². The maximum atomic E-state index is 8.84. The molecule has 1 aliphatic heterocycles. The first-order valence-corrected chi connectivity index (χ1v) is 6.95. The summed E-state index contributed by atoms with van der Waals surface area (Å²) in [5.41, 5.74) is 3.64. The SMILES string of the molecule is CC(C)(C)N1CC=C(c2ccc(C#N)cc2)CCC1. The molecule has 0 unspecified atom stereocenters. The Hall–Kier alpha value is -1.59. The molecule has 0 saturated heterocycles. The molecular weight excluding hydrogens is 232 g/mol. The Morgan fingerprint density at radius 3 is 2.42 bits per heavy atom. The average molecular weight is 254 g/mol. The van der Waals surface area contributed by atoms with Gasteiger partial charge in [-0.2, -0.15) is 5.26 Å². The van der Waals surface area contributed by atoms with Gasteiger partial charge in [0.2, 0.25) is 0 Å². The monoisotopic (exact) mass is 254 g/mol. The van der Waals surface area contributed by atoms with Gasteiger partial charge in [0, 0.05) is 12.1 Å². The van der Waals surface area contributed by atoms with Crippen molar-refractivity contribution >= 4 is 5.57 Å². The van der Waals surface area contributed by atoms with Crippen LogP contribution in [0.25, 0.3) is 5.57 Å². The maximum absolute atomic E-state index is 8.84. The third kappa shape index (κ3) is 3.45. The van der Waals surface area contributed by atoms with Crippen LogP contribution in [0.1, 0.15) is 44.7 Å². The lowest BCUT2D eigenvalue weighted by atomic mass is 10.0. The summed E-state index contributed by atoms with van der Waals surface area (Å²) in [5.74, 6) is 0. The van der Waals surface area contributed by atoms with Gasteiger partial charge in [0.25, 0.3) is 0 Å². The van der Waals surface area contributed by atoms with E-state index in [1.807, 2.05) is 12.1 Å². The molecule has 2 nitrogen and oxygen atoms in total. The lowest BCUT2D eigenvalue weighted by molar-refractivity contribution is 0.155. The van der Waals surface area contributed by atoms with Crippen LogP contribution < -0.4 is 0 Å². The Kier molecular flexibility index (Phi) is 4.07. The summed E-state index contributed by atoms with van der Waals surface area (Å²) in [6, 6.07) is 10.1. The highest BCUT2D eigenvalue weighted by Crippen LogP contribution is 2.25. The van der Waals surface area contributed by atoms with Gasteiger partial charge in [0.15, 0.2) is 0 Å². The van der Waals surface area contributed by atoms with Crippen LogP contribution in [0.2, 0.25) is 0 Å². The minimum absolute atomic E-state index is 0.233. The molecular formula is C17H22N2. The molecule has 19 heavy (non-hydrogen) atoms. The predicted octanol–water partition coefficient (Wildman–Crippen LogP) is 3.84. The van der Waals surface area contributed by atoms with E-state index in [0.717, 1.165) is 25.1 Å². The number of hydrogen-bond acceptors (Lipinski definition) is 2. The van der Waals surface area contributed by atoms with Gasteiger partial charge in [-0.3, -0.25) is 4.90 Å². The van der Waals surface area contributed by atoms with Gasteiger partial charge in [0.1, 0.15) is 0 Å². The van der Waals surface area contributed by atoms with E-state index >= 15 is 0 Å². The highest BCUT2D eigenvalue weighted by Gasteiger charge is 2.21. The Balaban J connectivity index is 2.16. The fraction of sp³-hybridized carbons (Fsp3) is 0.471. The van der Waals surface area contributed by atoms with Crippen LogP contribution in [-0.2, 0) is 0 Å². The number of nitrogens with zero attached hydrogens (tertiary/aromatic N) is 2. The van der Waals surface area contributed by atoms with E-state index in [0.29, 0.717) is 0 Å². The van der Waals surface area contributed by atoms with Crippen LogP contribution in [0.15, 0.2) is 30.3 Å². The fourth-order valence-electron chi connectivity index (χ4n) is 2.50. The van der Waals surface area contributed by atoms with Gasteiger partial charge < -0.3 is 0 Å². The van der Waals surface area contributed by atoms with Crippen molar-refractivity contribution < 1.29 is 0 Å². The Morgan fingerprint density at radius 1 is 1.16 bits per heavy atom. The standard InChI is InChI=1S/C17H22N2/c1-17(2,3)19-11-4-5-15(10-12-19)16-8-6-14(13-18)7-9-16/h6-10H,4-5,11-12H2,1-3H3. The van der Waals surface area contributed by atoms with Gasteiger partial charge in [-0.25, -0.2) is 0 Å². The zero-order valence-electron chi connectivity index (χ0n) is 12.1. The summed E-state index contributed by atoms with van der Waals surface area (Å²) < 4.78 is 0. The van der Waals surface area contributed by atoms with Crippen molar-refractivity contribution in [1.82, 2.24) is 4.90 Å². The minimum Gasteiger partial charge on any atom is -0.295 e. The molecule has 0 amide bonds. The van der Waals surface area contributed by atoms with E-state index in [-0.39, 0.29) is 5.54 Å². The minimum atomic E-state index is 0.233. The first kappa shape index (κ1) is 13.8. The summed E-state index contributed by atoms with van der Waals surface area (Å²) >= 11 is 0. The first-order chi connectivity index (χ1) is 9.00.